The molecule has 0 unspecified atom stereocenters. The van der Waals surface area contributed by atoms with E-state index in [1.165, 1.54) is 6.26 Å². The van der Waals surface area contributed by atoms with Crippen molar-refractivity contribution in [2.75, 3.05) is 17.2 Å². The third-order valence-corrected chi connectivity index (χ3v) is 3.52. The van der Waals surface area contributed by atoms with E-state index in [-0.39, 0.29) is 18.4 Å². The standard InChI is InChI=1S/C18H19N5O4/c1-2-19-18(25)21-13-6-3-5-12(11-13)20-15(24)8-9-16-22-17(23-27-16)14-7-4-10-26-14/h3-7,10-11H,2,8-9H2,1H3,(H,20,24)(H2,19,21,25). The lowest BCUT2D eigenvalue weighted by molar-refractivity contribution is -0.116. The van der Waals surface area contributed by atoms with Crippen molar-refractivity contribution in [3.8, 4) is 11.6 Å². The Labute approximate surface area is 155 Å². The molecule has 140 valence electrons. The number of nitrogens with one attached hydrogen (secondary N) is 3. The number of hydrogen-bond acceptors (Lipinski definition) is 6. The minimum absolute atomic E-state index is 0.174. The topological polar surface area (TPSA) is 122 Å². The Hall–Kier alpha value is -3.62. The van der Waals surface area contributed by atoms with E-state index in [0.717, 1.165) is 0 Å². The van der Waals surface area contributed by atoms with Crippen LogP contribution in [-0.2, 0) is 11.2 Å². The lowest BCUT2D eigenvalue weighted by atomic mass is 10.2. The molecule has 0 saturated carbocycles. The first-order valence-corrected chi connectivity index (χ1v) is 8.45. The normalized spacial score (nSPS) is 10.4. The highest BCUT2D eigenvalue weighted by atomic mass is 16.5. The van der Waals surface area contributed by atoms with E-state index in [0.29, 0.717) is 41.8 Å². The van der Waals surface area contributed by atoms with Gasteiger partial charge in [-0.25, -0.2) is 4.79 Å². The first-order valence-electron chi connectivity index (χ1n) is 8.45. The van der Waals surface area contributed by atoms with Crippen LogP contribution in [-0.4, -0.2) is 28.6 Å². The van der Waals surface area contributed by atoms with Crippen molar-refractivity contribution < 1.29 is 18.5 Å². The number of nitrogens with zero attached hydrogens (tertiary/aromatic N) is 2. The van der Waals surface area contributed by atoms with E-state index in [9.17, 15) is 9.59 Å². The van der Waals surface area contributed by atoms with Gasteiger partial charge in [-0.15, -0.1) is 0 Å². The molecule has 0 spiro atoms. The number of amides is 3. The zero-order chi connectivity index (χ0) is 19.1. The molecule has 0 bridgehead atoms. The summed E-state index contributed by atoms with van der Waals surface area (Å²) in [6.45, 7) is 2.36. The van der Waals surface area contributed by atoms with Crippen LogP contribution in [0.1, 0.15) is 19.2 Å². The molecule has 3 aromatic rings. The van der Waals surface area contributed by atoms with Gasteiger partial charge in [0.1, 0.15) is 0 Å². The van der Waals surface area contributed by atoms with Gasteiger partial charge in [0.15, 0.2) is 5.76 Å². The minimum atomic E-state index is -0.301. The molecule has 0 aliphatic carbocycles. The van der Waals surface area contributed by atoms with Gasteiger partial charge in [-0.2, -0.15) is 4.98 Å². The Morgan fingerprint density at radius 2 is 1.93 bits per heavy atom. The van der Waals surface area contributed by atoms with Gasteiger partial charge in [-0.1, -0.05) is 11.2 Å². The SMILES string of the molecule is CCNC(=O)Nc1cccc(NC(=O)CCc2nc(-c3ccco3)no2)c1. The van der Waals surface area contributed by atoms with Gasteiger partial charge in [-0.05, 0) is 37.3 Å². The number of aryl methyl sites for hydroxylation is 1. The summed E-state index contributed by atoms with van der Waals surface area (Å²) in [4.78, 5) is 27.9. The summed E-state index contributed by atoms with van der Waals surface area (Å²) in [5.74, 6) is 0.997. The minimum Gasteiger partial charge on any atom is -0.461 e. The average molecular weight is 369 g/mol. The van der Waals surface area contributed by atoms with Crippen LogP contribution < -0.4 is 16.0 Å². The van der Waals surface area contributed by atoms with Crippen molar-refractivity contribution in [2.45, 2.75) is 19.8 Å². The Bertz CT molecular complexity index is 904. The molecule has 9 heteroatoms. The Morgan fingerprint density at radius 3 is 2.67 bits per heavy atom. The van der Waals surface area contributed by atoms with Gasteiger partial charge >= 0.3 is 6.03 Å². The highest BCUT2D eigenvalue weighted by Crippen LogP contribution is 2.17. The largest absolute Gasteiger partial charge is 0.461 e. The van der Waals surface area contributed by atoms with Crippen LogP contribution in [0.4, 0.5) is 16.2 Å². The number of hydrogen-bond donors (Lipinski definition) is 3. The van der Waals surface area contributed by atoms with Gasteiger partial charge in [0.05, 0.1) is 6.26 Å². The van der Waals surface area contributed by atoms with Crippen LogP contribution in [0.25, 0.3) is 11.6 Å². The zero-order valence-corrected chi connectivity index (χ0v) is 14.7. The number of carbonyl (C=O) groups excluding carboxylic acids is 2. The van der Waals surface area contributed by atoms with Gasteiger partial charge in [0, 0.05) is 30.8 Å². The summed E-state index contributed by atoms with van der Waals surface area (Å²) in [5.41, 5.74) is 1.16. The van der Waals surface area contributed by atoms with Crippen LogP contribution >= 0.6 is 0 Å². The smallest absolute Gasteiger partial charge is 0.319 e. The summed E-state index contributed by atoms with van der Waals surface area (Å²) in [6, 6.07) is 10.0. The number of carbonyl (C=O) groups is 2. The molecule has 0 aliphatic heterocycles. The molecule has 9 nitrogen and oxygen atoms in total. The van der Waals surface area contributed by atoms with E-state index in [1.54, 1.807) is 36.4 Å². The Morgan fingerprint density at radius 1 is 1.11 bits per heavy atom. The van der Waals surface area contributed by atoms with Crippen molar-refractivity contribution in [1.29, 1.82) is 0 Å². The highest BCUT2D eigenvalue weighted by molar-refractivity contribution is 5.93. The number of rotatable bonds is 7. The van der Waals surface area contributed by atoms with Crippen LogP contribution in [0.5, 0.6) is 0 Å². The molecular formula is C18H19N5O4. The second kappa shape index (κ2) is 8.65. The lowest BCUT2D eigenvalue weighted by Crippen LogP contribution is -2.28. The van der Waals surface area contributed by atoms with E-state index in [2.05, 4.69) is 26.1 Å². The number of aromatic nitrogens is 2. The summed E-state index contributed by atoms with van der Waals surface area (Å²) in [6.07, 6.45) is 2.00. The maximum Gasteiger partial charge on any atom is 0.319 e. The predicted molar refractivity (Wildman–Crippen MR) is 98.1 cm³/mol. The molecule has 3 N–H and O–H groups in total. The van der Waals surface area contributed by atoms with E-state index >= 15 is 0 Å². The maximum atomic E-state index is 12.1. The van der Waals surface area contributed by atoms with E-state index < -0.39 is 0 Å². The molecule has 27 heavy (non-hydrogen) atoms. The Kier molecular flexibility index (Phi) is 5.83. The molecule has 0 aliphatic rings. The molecule has 2 aromatic heterocycles. The summed E-state index contributed by atoms with van der Waals surface area (Å²) in [5, 5.41) is 11.9. The summed E-state index contributed by atoms with van der Waals surface area (Å²) in [7, 11) is 0. The van der Waals surface area contributed by atoms with Crippen molar-refractivity contribution in [3.63, 3.8) is 0 Å². The van der Waals surface area contributed by atoms with E-state index in [1.807, 2.05) is 6.92 Å². The molecule has 0 atom stereocenters. The highest BCUT2D eigenvalue weighted by Gasteiger charge is 2.12. The average Bonchev–Trinajstić information content (AvgIpc) is 3.32. The number of urea groups is 1. The third-order valence-electron chi connectivity index (χ3n) is 3.52. The second-order valence-electron chi connectivity index (χ2n) is 5.60. The third kappa shape index (κ3) is 5.18. The molecule has 3 rings (SSSR count). The predicted octanol–water partition coefficient (Wildman–Crippen LogP) is 3.04. The molecule has 0 fully saturated rings. The fourth-order valence-electron chi connectivity index (χ4n) is 2.32. The van der Waals surface area contributed by atoms with Crippen molar-refractivity contribution >= 4 is 23.3 Å². The molecule has 0 saturated heterocycles. The number of anilines is 2. The van der Waals surface area contributed by atoms with E-state index in [4.69, 9.17) is 8.94 Å². The molecular weight excluding hydrogens is 350 g/mol. The zero-order valence-electron chi connectivity index (χ0n) is 14.7. The quantitative estimate of drug-likeness (QED) is 0.588. The molecule has 3 amide bonds. The summed E-state index contributed by atoms with van der Waals surface area (Å²) >= 11 is 0. The molecule has 0 radical (unpaired) electrons. The van der Waals surface area contributed by atoms with Gasteiger partial charge in [0.25, 0.3) is 0 Å². The van der Waals surface area contributed by atoms with Crippen molar-refractivity contribution in [3.05, 3.63) is 48.6 Å². The summed E-state index contributed by atoms with van der Waals surface area (Å²) < 4.78 is 10.3. The van der Waals surface area contributed by atoms with Gasteiger partial charge < -0.3 is 24.9 Å². The Balaban J connectivity index is 1.51. The molecule has 2 heterocycles. The van der Waals surface area contributed by atoms with Crippen molar-refractivity contribution in [1.82, 2.24) is 15.5 Å². The number of furan rings is 1. The second-order valence-corrected chi connectivity index (χ2v) is 5.60. The van der Waals surface area contributed by atoms with Crippen LogP contribution in [0.3, 0.4) is 0 Å². The monoisotopic (exact) mass is 369 g/mol. The van der Waals surface area contributed by atoms with Gasteiger partial charge in [0.2, 0.25) is 17.6 Å². The van der Waals surface area contributed by atoms with Crippen LogP contribution in [0, 0.1) is 0 Å². The van der Waals surface area contributed by atoms with Crippen LogP contribution in [0.15, 0.2) is 51.6 Å². The lowest BCUT2D eigenvalue weighted by Gasteiger charge is -2.09. The van der Waals surface area contributed by atoms with Gasteiger partial charge in [-0.3, -0.25) is 4.79 Å². The maximum absolute atomic E-state index is 12.1. The van der Waals surface area contributed by atoms with Crippen LogP contribution in [0.2, 0.25) is 0 Å². The molecule has 1 aromatic carbocycles. The first-order chi connectivity index (χ1) is 13.1. The first kappa shape index (κ1) is 18.2. The van der Waals surface area contributed by atoms with Crippen molar-refractivity contribution in [2.24, 2.45) is 0 Å². The number of benzene rings is 1. The fourth-order valence-corrected chi connectivity index (χ4v) is 2.32. The fraction of sp³-hybridized carbons (Fsp3) is 0.222.